The molecule has 3 aromatic rings. The first-order valence-electron chi connectivity index (χ1n) is 7.21. The third-order valence-electron chi connectivity index (χ3n) is 3.76. The molecule has 0 bridgehead atoms. The van der Waals surface area contributed by atoms with Gasteiger partial charge in [-0.05, 0) is 30.7 Å². The highest BCUT2D eigenvalue weighted by atomic mass is 15.1. The van der Waals surface area contributed by atoms with Gasteiger partial charge in [0.1, 0.15) is 0 Å². The summed E-state index contributed by atoms with van der Waals surface area (Å²) in [6.45, 7) is 3.88. The number of nitrogen functional groups attached to an aromatic ring is 1. The fourth-order valence-corrected chi connectivity index (χ4v) is 2.61. The van der Waals surface area contributed by atoms with Crippen LogP contribution in [0.4, 0.5) is 11.4 Å². The summed E-state index contributed by atoms with van der Waals surface area (Å²) in [6, 6.07) is 18.3. The second kappa shape index (κ2) is 5.83. The normalized spacial score (nSPS) is 10.7. The Kier molecular flexibility index (Phi) is 3.73. The molecule has 106 valence electrons. The van der Waals surface area contributed by atoms with Crippen molar-refractivity contribution in [3.8, 4) is 0 Å². The highest BCUT2D eigenvalue weighted by Crippen LogP contribution is 2.27. The molecule has 1 heterocycles. The molecule has 0 aliphatic carbocycles. The number of benzene rings is 2. The van der Waals surface area contributed by atoms with Crippen molar-refractivity contribution in [2.24, 2.45) is 0 Å². The van der Waals surface area contributed by atoms with Crippen LogP contribution in [0.1, 0.15) is 12.5 Å². The minimum absolute atomic E-state index is 0.803. The van der Waals surface area contributed by atoms with Crippen LogP contribution in [0.15, 0.2) is 60.8 Å². The van der Waals surface area contributed by atoms with Gasteiger partial charge in [0.05, 0.1) is 5.52 Å². The number of para-hydroxylation sites is 2. The van der Waals surface area contributed by atoms with Gasteiger partial charge in [0, 0.05) is 36.0 Å². The second-order valence-electron chi connectivity index (χ2n) is 5.06. The summed E-state index contributed by atoms with van der Waals surface area (Å²) in [5, 5.41) is 1.18. The summed E-state index contributed by atoms with van der Waals surface area (Å²) in [5.74, 6) is 0. The van der Waals surface area contributed by atoms with Crippen molar-refractivity contribution in [2.45, 2.75) is 13.5 Å². The molecule has 0 aliphatic rings. The van der Waals surface area contributed by atoms with Crippen LogP contribution in [0.3, 0.4) is 0 Å². The molecule has 0 amide bonds. The topological polar surface area (TPSA) is 42.1 Å². The maximum absolute atomic E-state index is 6.08. The lowest BCUT2D eigenvalue weighted by atomic mass is 10.1. The molecule has 0 saturated heterocycles. The van der Waals surface area contributed by atoms with E-state index >= 15 is 0 Å². The molecule has 3 nitrogen and oxygen atoms in total. The van der Waals surface area contributed by atoms with E-state index in [1.165, 1.54) is 11.1 Å². The molecule has 3 rings (SSSR count). The highest BCUT2D eigenvalue weighted by molar-refractivity contribution is 5.91. The lowest BCUT2D eigenvalue weighted by molar-refractivity contribution is 0.837. The van der Waals surface area contributed by atoms with Crippen molar-refractivity contribution in [1.29, 1.82) is 0 Å². The van der Waals surface area contributed by atoms with Gasteiger partial charge in [-0.2, -0.15) is 0 Å². The van der Waals surface area contributed by atoms with E-state index in [-0.39, 0.29) is 0 Å². The Hall–Kier alpha value is -2.55. The standard InChI is InChI=1S/C18H19N3/c1-2-21(13-14-7-3-5-9-16(14)19)18-11-12-20-17-10-6-4-8-15(17)18/h3-12H,2,13,19H2,1H3. The summed E-state index contributed by atoms with van der Waals surface area (Å²) < 4.78 is 0. The second-order valence-corrected chi connectivity index (χ2v) is 5.06. The number of hydrogen-bond acceptors (Lipinski definition) is 3. The summed E-state index contributed by atoms with van der Waals surface area (Å²) in [5.41, 5.74) is 10.3. The summed E-state index contributed by atoms with van der Waals surface area (Å²) >= 11 is 0. The van der Waals surface area contributed by atoms with Gasteiger partial charge in [0.2, 0.25) is 0 Å². The van der Waals surface area contributed by atoms with Crippen molar-refractivity contribution in [1.82, 2.24) is 4.98 Å². The van der Waals surface area contributed by atoms with Gasteiger partial charge in [0.25, 0.3) is 0 Å². The quantitative estimate of drug-likeness (QED) is 0.737. The fourth-order valence-electron chi connectivity index (χ4n) is 2.61. The van der Waals surface area contributed by atoms with Gasteiger partial charge in [-0.3, -0.25) is 4.98 Å². The monoisotopic (exact) mass is 277 g/mol. The first-order chi connectivity index (χ1) is 10.3. The summed E-state index contributed by atoms with van der Waals surface area (Å²) in [6.07, 6.45) is 1.87. The van der Waals surface area contributed by atoms with E-state index in [4.69, 9.17) is 5.73 Å². The Labute approximate surface area is 125 Å². The molecular weight excluding hydrogens is 258 g/mol. The van der Waals surface area contributed by atoms with E-state index in [1.807, 2.05) is 36.5 Å². The molecule has 0 fully saturated rings. The van der Waals surface area contributed by atoms with Crippen LogP contribution in [0, 0.1) is 0 Å². The van der Waals surface area contributed by atoms with E-state index in [2.05, 4.69) is 41.1 Å². The van der Waals surface area contributed by atoms with Gasteiger partial charge in [-0.15, -0.1) is 0 Å². The van der Waals surface area contributed by atoms with Crippen LogP contribution in [-0.4, -0.2) is 11.5 Å². The third kappa shape index (κ3) is 2.68. The third-order valence-corrected chi connectivity index (χ3v) is 3.76. The van der Waals surface area contributed by atoms with Gasteiger partial charge in [-0.25, -0.2) is 0 Å². The fraction of sp³-hybridized carbons (Fsp3) is 0.167. The van der Waals surface area contributed by atoms with E-state index in [0.29, 0.717) is 0 Å². The van der Waals surface area contributed by atoms with Gasteiger partial charge in [0.15, 0.2) is 0 Å². The smallest absolute Gasteiger partial charge is 0.0722 e. The first kappa shape index (κ1) is 13.4. The average Bonchev–Trinajstić information content (AvgIpc) is 2.54. The van der Waals surface area contributed by atoms with Crippen molar-refractivity contribution in [3.05, 3.63) is 66.4 Å². The van der Waals surface area contributed by atoms with E-state index in [1.54, 1.807) is 0 Å². The molecule has 2 aromatic carbocycles. The molecule has 0 aliphatic heterocycles. The summed E-state index contributed by atoms with van der Waals surface area (Å²) in [7, 11) is 0. The van der Waals surface area contributed by atoms with Gasteiger partial charge < -0.3 is 10.6 Å². The Bertz CT molecular complexity index is 747. The van der Waals surface area contributed by atoms with Crippen molar-refractivity contribution in [3.63, 3.8) is 0 Å². The number of pyridine rings is 1. The minimum atomic E-state index is 0.803. The number of anilines is 2. The number of hydrogen-bond donors (Lipinski definition) is 1. The first-order valence-corrected chi connectivity index (χ1v) is 7.21. The minimum Gasteiger partial charge on any atom is -0.398 e. The number of fused-ring (bicyclic) bond motifs is 1. The Morgan fingerprint density at radius 3 is 2.57 bits per heavy atom. The molecule has 0 saturated carbocycles. The van der Waals surface area contributed by atoms with Gasteiger partial charge in [-0.1, -0.05) is 36.4 Å². The zero-order valence-electron chi connectivity index (χ0n) is 12.2. The van der Waals surface area contributed by atoms with Crippen LogP contribution in [-0.2, 0) is 6.54 Å². The Morgan fingerprint density at radius 2 is 1.76 bits per heavy atom. The molecule has 3 heteroatoms. The molecule has 0 spiro atoms. The molecule has 1 aromatic heterocycles. The number of nitrogens with two attached hydrogens (primary N) is 1. The van der Waals surface area contributed by atoms with Crippen molar-refractivity contribution >= 4 is 22.3 Å². The largest absolute Gasteiger partial charge is 0.398 e. The van der Waals surface area contributed by atoms with Crippen molar-refractivity contribution < 1.29 is 0 Å². The average molecular weight is 277 g/mol. The highest BCUT2D eigenvalue weighted by Gasteiger charge is 2.10. The number of aromatic nitrogens is 1. The van der Waals surface area contributed by atoms with Crippen LogP contribution >= 0.6 is 0 Å². The van der Waals surface area contributed by atoms with E-state index in [0.717, 1.165) is 29.9 Å². The predicted molar refractivity (Wildman–Crippen MR) is 89.3 cm³/mol. The van der Waals surface area contributed by atoms with Crippen LogP contribution in [0.25, 0.3) is 10.9 Å². The molecular formula is C18H19N3. The zero-order valence-corrected chi connectivity index (χ0v) is 12.2. The Balaban J connectivity index is 2.01. The molecule has 2 N–H and O–H groups in total. The summed E-state index contributed by atoms with van der Waals surface area (Å²) in [4.78, 5) is 6.76. The lowest BCUT2D eigenvalue weighted by Crippen LogP contribution is -2.22. The van der Waals surface area contributed by atoms with Gasteiger partial charge >= 0.3 is 0 Å². The molecule has 0 atom stereocenters. The lowest BCUT2D eigenvalue weighted by Gasteiger charge is -2.25. The van der Waals surface area contributed by atoms with E-state index in [9.17, 15) is 0 Å². The maximum Gasteiger partial charge on any atom is 0.0722 e. The van der Waals surface area contributed by atoms with E-state index < -0.39 is 0 Å². The molecule has 0 unspecified atom stereocenters. The molecule has 0 radical (unpaired) electrons. The number of nitrogens with zero attached hydrogens (tertiary/aromatic N) is 2. The predicted octanol–water partition coefficient (Wildman–Crippen LogP) is 3.84. The van der Waals surface area contributed by atoms with Crippen LogP contribution in [0.5, 0.6) is 0 Å². The maximum atomic E-state index is 6.08. The van der Waals surface area contributed by atoms with Crippen molar-refractivity contribution in [2.75, 3.05) is 17.2 Å². The van der Waals surface area contributed by atoms with Crippen LogP contribution in [0.2, 0.25) is 0 Å². The zero-order chi connectivity index (χ0) is 14.7. The molecule has 21 heavy (non-hydrogen) atoms. The SMILES string of the molecule is CCN(Cc1ccccc1N)c1ccnc2ccccc12. The number of rotatable bonds is 4. The Morgan fingerprint density at radius 1 is 1.00 bits per heavy atom. The van der Waals surface area contributed by atoms with Crippen LogP contribution < -0.4 is 10.6 Å².